The van der Waals surface area contributed by atoms with Crippen LogP contribution in [0.2, 0.25) is 0 Å². The Morgan fingerprint density at radius 1 is 1.15 bits per heavy atom. The third-order valence-corrected chi connectivity index (χ3v) is 6.66. The molecule has 1 fully saturated rings. The van der Waals surface area contributed by atoms with E-state index in [9.17, 15) is 9.59 Å². The number of hydrogen-bond acceptors (Lipinski definition) is 4. The van der Waals surface area contributed by atoms with Crippen LogP contribution in [0.3, 0.4) is 0 Å². The van der Waals surface area contributed by atoms with E-state index in [1.54, 1.807) is 0 Å². The number of nitrogens with one attached hydrogen (secondary N) is 1. The average molecular weight is 459 g/mol. The summed E-state index contributed by atoms with van der Waals surface area (Å²) >= 11 is 0. The Balaban J connectivity index is 1.33. The van der Waals surface area contributed by atoms with Gasteiger partial charge in [-0.15, -0.1) is 0 Å². The zero-order valence-electron chi connectivity index (χ0n) is 19.7. The van der Waals surface area contributed by atoms with Crippen LogP contribution < -0.4 is 14.8 Å². The molecular formula is C28H30N2O4. The molecule has 2 atom stereocenters. The van der Waals surface area contributed by atoms with Gasteiger partial charge in [0.05, 0.1) is 18.2 Å². The largest absolute Gasteiger partial charge is 0.492 e. The van der Waals surface area contributed by atoms with E-state index in [2.05, 4.69) is 5.32 Å². The summed E-state index contributed by atoms with van der Waals surface area (Å²) < 4.78 is 11.7. The maximum atomic E-state index is 13.4. The van der Waals surface area contributed by atoms with Crippen molar-refractivity contribution in [1.29, 1.82) is 0 Å². The highest BCUT2D eigenvalue weighted by atomic mass is 16.5. The molecule has 0 aromatic heterocycles. The quantitative estimate of drug-likeness (QED) is 0.581. The SMILES string of the molecule is CCOc1cc2c(cc1NC(=O)[C@@H]1CCCN(C(=O)c3cccc4ccccc34)C1)O[C@H](C)C2. The molecule has 0 radical (unpaired) electrons. The highest BCUT2D eigenvalue weighted by Crippen LogP contribution is 2.38. The Bertz CT molecular complexity index is 1230. The molecule has 2 aliphatic rings. The molecule has 0 unspecified atom stereocenters. The van der Waals surface area contributed by atoms with Gasteiger partial charge in [-0.05, 0) is 49.6 Å². The van der Waals surface area contributed by atoms with Crippen molar-refractivity contribution in [2.24, 2.45) is 5.92 Å². The number of fused-ring (bicyclic) bond motifs is 2. The maximum Gasteiger partial charge on any atom is 0.254 e. The van der Waals surface area contributed by atoms with Crippen molar-refractivity contribution in [1.82, 2.24) is 4.90 Å². The molecular weight excluding hydrogens is 428 g/mol. The Kier molecular flexibility index (Phi) is 6.14. The number of likely N-dealkylation sites (tertiary alicyclic amines) is 1. The third kappa shape index (κ3) is 4.32. The lowest BCUT2D eigenvalue weighted by Crippen LogP contribution is -2.43. The van der Waals surface area contributed by atoms with Crippen LogP contribution in [0.4, 0.5) is 5.69 Å². The van der Waals surface area contributed by atoms with Crippen molar-refractivity contribution < 1.29 is 19.1 Å². The van der Waals surface area contributed by atoms with Gasteiger partial charge in [-0.25, -0.2) is 0 Å². The van der Waals surface area contributed by atoms with Gasteiger partial charge in [0.15, 0.2) is 0 Å². The fraction of sp³-hybridized carbons (Fsp3) is 0.357. The number of rotatable bonds is 5. The molecule has 0 bridgehead atoms. The molecule has 2 aliphatic heterocycles. The third-order valence-electron chi connectivity index (χ3n) is 6.66. The van der Waals surface area contributed by atoms with E-state index in [1.165, 1.54) is 0 Å². The summed E-state index contributed by atoms with van der Waals surface area (Å²) in [5.41, 5.74) is 2.40. The Morgan fingerprint density at radius 3 is 2.82 bits per heavy atom. The summed E-state index contributed by atoms with van der Waals surface area (Å²) in [4.78, 5) is 28.5. The van der Waals surface area contributed by atoms with Crippen LogP contribution in [0.15, 0.2) is 54.6 Å². The number of hydrogen-bond donors (Lipinski definition) is 1. The van der Waals surface area contributed by atoms with E-state index < -0.39 is 0 Å². The van der Waals surface area contributed by atoms with Gasteiger partial charge < -0.3 is 19.7 Å². The lowest BCUT2D eigenvalue weighted by Gasteiger charge is -2.32. The molecule has 6 nitrogen and oxygen atoms in total. The second-order valence-corrected chi connectivity index (χ2v) is 9.13. The van der Waals surface area contributed by atoms with Crippen LogP contribution >= 0.6 is 0 Å². The van der Waals surface area contributed by atoms with E-state index in [1.807, 2.05) is 73.3 Å². The van der Waals surface area contributed by atoms with Crippen LogP contribution in [-0.4, -0.2) is 42.5 Å². The number of benzene rings is 3. The van der Waals surface area contributed by atoms with Gasteiger partial charge in [-0.1, -0.05) is 36.4 Å². The van der Waals surface area contributed by atoms with Crippen LogP contribution in [-0.2, 0) is 11.2 Å². The summed E-state index contributed by atoms with van der Waals surface area (Å²) in [6.45, 7) is 5.52. The topological polar surface area (TPSA) is 67.9 Å². The lowest BCUT2D eigenvalue weighted by atomic mass is 9.95. The number of amides is 2. The van der Waals surface area contributed by atoms with Crippen molar-refractivity contribution in [3.05, 3.63) is 65.7 Å². The summed E-state index contributed by atoms with van der Waals surface area (Å²) in [5.74, 6) is 1.05. The standard InChI is InChI=1S/C28H30N2O4/c1-3-33-26-15-21-14-18(2)34-25(21)16-24(26)29-27(31)20-10-7-13-30(17-20)28(32)23-12-6-9-19-8-4-5-11-22(19)23/h4-6,8-9,11-12,15-16,18,20H,3,7,10,13-14,17H2,1-2H3,(H,29,31)/t18-,20-/m1/s1. The van der Waals surface area contributed by atoms with Crippen LogP contribution in [0, 0.1) is 5.92 Å². The van der Waals surface area contributed by atoms with E-state index in [-0.39, 0.29) is 23.8 Å². The molecule has 0 aliphatic carbocycles. The first kappa shape index (κ1) is 22.3. The molecule has 34 heavy (non-hydrogen) atoms. The predicted octanol–water partition coefficient (Wildman–Crippen LogP) is 5.05. The molecule has 0 saturated carbocycles. The first-order valence-electron chi connectivity index (χ1n) is 12.1. The summed E-state index contributed by atoms with van der Waals surface area (Å²) in [7, 11) is 0. The van der Waals surface area contributed by atoms with Crippen LogP contribution in [0.5, 0.6) is 11.5 Å². The Labute approximate surface area is 199 Å². The smallest absolute Gasteiger partial charge is 0.254 e. The van der Waals surface area contributed by atoms with E-state index in [4.69, 9.17) is 9.47 Å². The van der Waals surface area contributed by atoms with E-state index >= 15 is 0 Å². The van der Waals surface area contributed by atoms with Crippen LogP contribution in [0.25, 0.3) is 10.8 Å². The molecule has 3 aromatic rings. The second kappa shape index (κ2) is 9.37. The molecule has 2 amide bonds. The van der Waals surface area contributed by atoms with Crippen molar-refractivity contribution >= 4 is 28.3 Å². The first-order valence-corrected chi connectivity index (χ1v) is 12.1. The average Bonchev–Trinajstić information content (AvgIpc) is 3.22. The van der Waals surface area contributed by atoms with Gasteiger partial charge in [0.2, 0.25) is 5.91 Å². The molecule has 3 aromatic carbocycles. The Morgan fingerprint density at radius 2 is 1.97 bits per heavy atom. The Hall–Kier alpha value is -3.54. The van der Waals surface area contributed by atoms with Gasteiger partial charge in [-0.3, -0.25) is 9.59 Å². The van der Waals surface area contributed by atoms with E-state index in [0.29, 0.717) is 36.7 Å². The van der Waals surface area contributed by atoms with Crippen LogP contribution in [0.1, 0.15) is 42.6 Å². The van der Waals surface area contributed by atoms with Crippen molar-refractivity contribution in [2.75, 3.05) is 25.0 Å². The highest BCUT2D eigenvalue weighted by molar-refractivity contribution is 6.07. The van der Waals surface area contributed by atoms with Gasteiger partial charge in [0, 0.05) is 36.7 Å². The zero-order chi connectivity index (χ0) is 23.7. The number of carbonyl (C=O) groups excluding carboxylic acids is 2. The van der Waals surface area contributed by atoms with Crippen molar-refractivity contribution in [3.63, 3.8) is 0 Å². The van der Waals surface area contributed by atoms with Gasteiger partial charge in [0.1, 0.15) is 17.6 Å². The maximum absolute atomic E-state index is 13.4. The minimum absolute atomic E-state index is 0.0239. The summed E-state index contributed by atoms with van der Waals surface area (Å²) in [6, 6.07) is 17.5. The number of carbonyl (C=O) groups is 2. The van der Waals surface area contributed by atoms with Gasteiger partial charge in [-0.2, -0.15) is 0 Å². The fourth-order valence-corrected chi connectivity index (χ4v) is 5.00. The number of anilines is 1. The van der Waals surface area contributed by atoms with Gasteiger partial charge in [0.25, 0.3) is 5.91 Å². The molecule has 5 rings (SSSR count). The molecule has 2 heterocycles. The molecule has 1 saturated heterocycles. The normalized spacial score (nSPS) is 19.4. The summed E-state index contributed by atoms with van der Waals surface area (Å²) in [5, 5.41) is 5.03. The molecule has 0 spiro atoms. The second-order valence-electron chi connectivity index (χ2n) is 9.13. The molecule has 1 N–H and O–H groups in total. The molecule has 6 heteroatoms. The van der Waals surface area contributed by atoms with Gasteiger partial charge >= 0.3 is 0 Å². The minimum atomic E-state index is -0.282. The number of piperidine rings is 1. The fourth-order valence-electron chi connectivity index (χ4n) is 5.00. The highest BCUT2D eigenvalue weighted by Gasteiger charge is 2.30. The summed E-state index contributed by atoms with van der Waals surface area (Å²) in [6.07, 6.45) is 2.48. The number of nitrogens with zero attached hydrogens (tertiary/aromatic N) is 1. The van der Waals surface area contributed by atoms with Crippen molar-refractivity contribution in [3.8, 4) is 11.5 Å². The molecule has 176 valence electrons. The minimum Gasteiger partial charge on any atom is -0.492 e. The predicted molar refractivity (Wildman–Crippen MR) is 133 cm³/mol. The number of ether oxygens (including phenoxy) is 2. The van der Waals surface area contributed by atoms with Crippen molar-refractivity contribution in [2.45, 2.75) is 39.2 Å². The monoisotopic (exact) mass is 458 g/mol. The first-order chi connectivity index (χ1) is 16.5. The lowest BCUT2D eigenvalue weighted by molar-refractivity contribution is -0.121. The van der Waals surface area contributed by atoms with E-state index in [0.717, 1.165) is 41.3 Å². The zero-order valence-corrected chi connectivity index (χ0v) is 19.7.